The summed E-state index contributed by atoms with van der Waals surface area (Å²) in [6.07, 6.45) is 2.73. The summed E-state index contributed by atoms with van der Waals surface area (Å²) in [7, 11) is 1.62. The second kappa shape index (κ2) is 7.39. The Morgan fingerprint density at radius 1 is 1.25 bits per heavy atom. The molecular weight excluding hydrogens is 300 g/mol. The van der Waals surface area contributed by atoms with Gasteiger partial charge in [0.15, 0.2) is 0 Å². The highest BCUT2D eigenvalue weighted by molar-refractivity contribution is 5.92. The summed E-state index contributed by atoms with van der Waals surface area (Å²) in [5.74, 6) is 0.708. The summed E-state index contributed by atoms with van der Waals surface area (Å²) in [6.45, 7) is 3.74. The van der Waals surface area contributed by atoms with E-state index in [0.29, 0.717) is 12.2 Å². The summed E-state index contributed by atoms with van der Waals surface area (Å²) in [4.78, 5) is 14.7. The van der Waals surface area contributed by atoms with E-state index in [-0.39, 0.29) is 5.91 Å². The van der Waals surface area contributed by atoms with Gasteiger partial charge in [0, 0.05) is 25.2 Å². The molecule has 2 aromatic rings. The number of carbonyl (C=O) groups excluding carboxylic acids is 1. The number of amides is 1. The average Bonchev–Trinajstić information content (AvgIpc) is 2.60. The van der Waals surface area contributed by atoms with Crippen LogP contribution in [0.5, 0.6) is 5.75 Å². The molecule has 0 spiro atoms. The minimum absolute atomic E-state index is 0.0157. The monoisotopic (exact) mass is 324 g/mol. The molecule has 0 radical (unpaired) electrons. The first kappa shape index (κ1) is 16.4. The number of methoxy groups -OCH3 is 1. The van der Waals surface area contributed by atoms with Crippen LogP contribution in [0.4, 0.5) is 11.4 Å². The van der Waals surface area contributed by atoms with Crippen molar-refractivity contribution < 1.29 is 9.53 Å². The van der Waals surface area contributed by atoms with Gasteiger partial charge >= 0.3 is 0 Å². The van der Waals surface area contributed by atoms with Crippen LogP contribution in [0.25, 0.3) is 0 Å². The van der Waals surface area contributed by atoms with Gasteiger partial charge in [0.2, 0.25) is 5.91 Å². The minimum atomic E-state index is 0.0157. The van der Waals surface area contributed by atoms with Gasteiger partial charge in [-0.3, -0.25) is 4.79 Å². The van der Waals surface area contributed by atoms with Crippen LogP contribution in [0.15, 0.2) is 42.5 Å². The Hall–Kier alpha value is -2.49. The van der Waals surface area contributed by atoms with Crippen molar-refractivity contribution in [3.8, 4) is 5.75 Å². The molecule has 0 saturated heterocycles. The number of nitrogens with one attached hydrogen (secondary N) is 1. The van der Waals surface area contributed by atoms with Gasteiger partial charge in [0.05, 0.1) is 12.8 Å². The van der Waals surface area contributed by atoms with Crippen LogP contribution in [0.1, 0.15) is 24.0 Å². The molecule has 3 rings (SSSR count). The van der Waals surface area contributed by atoms with E-state index >= 15 is 0 Å². The molecule has 1 aliphatic rings. The molecular formula is C20H24N2O2. The van der Waals surface area contributed by atoms with E-state index in [9.17, 15) is 4.79 Å². The highest BCUT2D eigenvalue weighted by Gasteiger charge is 2.17. The van der Waals surface area contributed by atoms with Gasteiger partial charge in [-0.2, -0.15) is 0 Å². The molecule has 1 heterocycles. The van der Waals surface area contributed by atoms with Crippen molar-refractivity contribution >= 4 is 17.3 Å². The number of hydrogen-bond donors (Lipinski definition) is 1. The Labute approximate surface area is 143 Å². The Morgan fingerprint density at radius 3 is 2.92 bits per heavy atom. The largest absolute Gasteiger partial charge is 0.495 e. The fraction of sp³-hybridized carbons (Fsp3) is 0.350. The molecule has 4 heteroatoms. The van der Waals surface area contributed by atoms with Gasteiger partial charge in [-0.05, 0) is 49.1 Å². The van der Waals surface area contributed by atoms with E-state index in [1.165, 1.54) is 11.3 Å². The summed E-state index contributed by atoms with van der Waals surface area (Å²) < 4.78 is 5.32. The summed E-state index contributed by atoms with van der Waals surface area (Å²) in [5, 5.41) is 2.98. The predicted molar refractivity (Wildman–Crippen MR) is 98.0 cm³/mol. The average molecular weight is 324 g/mol. The Balaban J connectivity index is 1.62. The quantitative estimate of drug-likeness (QED) is 0.910. The molecule has 0 bridgehead atoms. The minimum Gasteiger partial charge on any atom is -0.495 e. The lowest BCUT2D eigenvalue weighted by Gasteiger charge is -2.31. The SMILES string of the molecule is COc1ccc(C)cc1NC(=O)CCN1CCCc2ccccc21. The summed E-state index contributed by atoms with van der Waals surface area (Å²) in [5.41, 5.74) is 4.48. The summed E-state index contributed by atoms with van der Waals surface area (Å²) >= 11 is 0. The predicted octanol–water partition coefficient (Wildman–Crippen LogP) is 3.79. The van der Waals surface area contributed by atoms with Crippen molar-refractivity contribution in [1.29, 1.82) is 0 Å². The third-order valence-corrected chi connectivity index (χ3v) is 4.44. The van der Waals surface area contributed by atoms with Crippen LogP contribution >= 0.6 is 0 Å². The number of rotatable bonds is 5. The number of fused-ring (bicyclic) bond motifs is 1. The Bertz CT molecular complexity index is 727. The maximum atomic E-state index is 12.4. The molecule has 126 valence electrons. The molecule has 0 unspecified atom stereocenters. The maximum Gasteiger partial charge on any atom is 0.226 e. The first-order valence-corrected chi connectivity index (χ1v) is 8.45. The number of benzene rings is 2. The standard InChI is InChI=1S/C20H24N2O2/c1-15-9-10-19(24-2)17(14-15)21-20(23)11-13-22-12-5-7-16-6-3-4-8-18(16)22/h3-4,6,8-10,14H,5,7,11-13H2,1-2H3,(H,21,23). The third kappa shape index (κ3) is 3.70. The van der Waals surface area contributed by atoms with E-state index in [4.69, 9.17) is 4.74 Å². The van der Waals surface area contributed by atoms with Gasteiger partial charge in [-0.1, -0.05) is 24.3 Å². The lowest BCUT2D eigenvalue weighted by molar-refractivity contribution is -0.116. The molecule has 0 atom stereocenters. The van der Waals surface area contributed by atoms with E-state index in [0.717, 1.165) is 37.2 Å². The van der Waals surface area contributed by atoms with Crippen LogP contribution in [0, 0.1) is 6.92 Å². The molecule has 4 nitrogen and oxygen atoms in total. The maximum absolute atomic E-state index is 12.4. The number of nitrogens with zero attached hydrogens (tertiary/aromatic N) is 1. The second-order valence-corrected chi connectivity index (χ2v) is 6.22. The first-order valence-electron chi connectivity index (χ1n) is 8.45. The highest BCUT2D eigenvalue weighted by atomic mass is 16.5. The van der Waals surface area contributed by atoms with Crippen molar-refractivity contribution in [2.45, 2.75) is 26.2 Å². The number of aryl methyl sites for hydroxylation is 2. The Morgan fingerprint density at radius 2 is 2.08 bits per heavy atom. The molecule has 0 saturated carbocycles. The van der Waals surface area contributed by atoms with Gasteiger partial charge < -0.3 is 15.0 Å². The number of para-hydroxylation sites is 1. The molecule has 0 aromatic heterocycles. The van der Waals surface area contributed by atoms with E-state index in [2.05, 4.69) is 34.5 Å². The smallest absolute Gasteiger partial charge is 0.226 e. The van der Waals surface area contributed by atoms with Crippen molar-refractivity contribution in [2.24, 2.45) is 0 Å². The van der Waals surface area contributed by atoms with Gasteiger partial charge in [0.1, 0.15) is 5.75 Å². The van der Waals surface area contributed by atoms with Crippen molar-refractivity contribution in [3.63, 3.8) is 0 Å². The number of carbonyl (C=O) groups is 1. The normalized spacial score (nSPS) is 13.3. The molecule has 1 N–H and O–H groups in total. The fourth-order valence-corrected chi connectivity index (χ4v) is 3.21. The second-order valence-electron chi connectivity index (χ2n) is 6.22. The zero-order valence-electron chi connectivity index (χ0n) is 14.3. The molecule has 0 aliphatic carbocycles. The fourth-order valence-electron chi connectivity index (χ4n) is 3.21. The van der Waals surface area contributed by atoms with Gasteiger partial charge in [-0.25, -0.2) is 0 Å². The van der Waals surface area contributed by atoms with E-state index in [1.54, 1.807) is 7.11 Å². The first-order chi connectivity index (χ1) is 11.7. The molecule has 1 amide bonds. The topological polar surface area (TPSA) is 41.6 Å². The van der Waals surface area contributed by atoms with Crippen LogP contribution in [-0.2, 0) is 11.2 Å². The number of anilines is 2. The third-order valence-electron chi connectivity index (χ3n) is 4.44. The van der Waals surface area contributed by atoms with Crippen LogP contribution in [0.3, 0.4) is 0 Å². The number of ether oxygens (including phenoxy) is 1. The van der Waals surface area contributed by atoms with E-state index in [1.807, 2.05) is 25.1 Å². The zero-order valence-corrected chi connectivity index (χ0v) is 14.3. The zero-order chi connectivity index (χ0) is 16.9. The van der Waals surface area contributed by atoms with Crippen LogP contribution in [0.2, 0.25) is 0 Å². The van der Waals surface area contributed by atoms with Crippen LogP contribution in [-0.4, -0.2) is 26.1 Å². The highest BCUT2D eigenvalue weighted by Crippen LogP contribution is 2.27. The summed E-state index contributed by atoms with van der Waals surface area (Å²) in [6, 6.07) is 14.3. The lowest BCUT2D eigenvalue weighted by Crippen LogP contribution is -2.32. The molecule has 1 aliphatic heterocycles. The molecule has 2 aromatic carbocycles. The molecule has 24 heavy (non-hydrogen) atoms. The number of hydrogen-bond acceptors (Lipinski definition) is 3. The Kier molecular flexibility index (Phi) is 5.04. The van der Waals surface area contributed by atoms with Crippen molar-refractivity contribution in [3.05, 3.63) is 53.6 Å². The lowest BCUT2D eigenvalue weighted by atomic mass is 10.0. The van der Waals surface area contributed by atoms with Gasteiger partial charge in [0.25, 0.3) is 0 Å². The van der Waals surface area contributed by atoms with Gasteiger partial charge in [-0.15, -0.1) is 0 Å². The van der Waals surface area contributed by atoms with Crippen LogP contribution < -0.4 is 15.0 Å². The van der Waals surface area contributed by atoms with Crippen molar-refractivity contribution in [1.82, 2.24) is 0 Å². The molecule has 0 fully saturated rings. The van der Waals surface area contributed by atoms with E-state index < -0.39 is 0 Å². The van der Waals surface area contributed by atoms with Crippen molar-refractivity contribution in [2.75, 3.05) is 30.4 Å².